The van der Waals surface area contributed by atoms with E-state index in [-0.39, 0.29) is 17.1 Å². The van der Waals surface area contributed by atoms with Crippen LogP contribution in [0.2, 0.25) is 0 Å². The van der Waals surface area contributed by atoms with Gasteiger partial charge >= 0.3 is 0 Å². The maximum atomic E-state index is 15.5. The Balaban J connectivity index is 1.44. The van der Waals surface area contributed by atoms with Crippen LogP contribution in [0.4, 0.5) is 10.1 Å². The van der Waals surface area contributed by atoms with Gasteiger partial charge in [0.05, 0.1) is 30.8 Å². The van der Waals surface area contributed by atoms with Gasteiger partial charge in [0.2, 0.25) is 0 Å². The van der Waals surface area contributed by atoms with Crippen molar-refractivity contribution in [2.45, 2.75) is 37.2 Å². The first-order valence-corrected chi connectivity index (χ1v) is 14.4. The zero-order chi connectivity index (χ0) is 26.5. The number of fused-ring (bicyclic) bond motifs is 1. The van der Waals surface area contributed by atoms with Crippen molar-refractivity contribution in [2.24, 2.45) is 5.92 Å². The number of methoxy groups -OCH3 is 1. The maximum absolute atomic E-state index is 15.5. The smallest absolute Gasteiger partial charge is 0.264 e. The van der Waals surface area contributed by atoms with E-state index in [1.54, 1.807) is 49.6 Å². The zero-order valence-electron chi connectivity index (χ0n) is 21.5. The van der Waals surface area contributed by atoms with E-state index in [1.807, 2.05) is 6.07 Å². The third kappa shape index (κ3) is 5.95. The molecular formula is C29H33FN2O5S. The summed E-state index contributed by atoms with van der Waals surface area (Å²) >= 11 is 0. The molecule has 5 rings (SSSR count). The van der Waals surface area contributed by atoms with Gasteiger partial charge in [0, 0.05) is 25.8 Å². The van der Waals surface area contributed by atoms with Crippen molar-refractivity contribution >= 4 is 15.7 Å². The lowest BCUT2D eigenvalue weighted by Crippen LogP contribution is -2.32. The Bertz CT molecular complexity index is 1360. The summed E-state index contributed by atoms with van der Waals surface area (Å²) in [6, 6.07) is 16.6. The molecule has 7 nitrogen and oxygen atoms in total. The van der Waals surface area contributed by atoms with Crippen molar-refractivity contribution in [1.29, 1.82) is 0 Å². The predicted molar refractivity (Wildman–Crippen MR) is 144 cm³/mol. The molecule has 2 aliphatic heterocycles. The van der Waals surface area contributed by atoms with Crippen LogP contribution in [0.1, 0.15) is 29.5 Å². The van der Waals surface area contributed by atoms with E-state index in [9.17, 15) is 8.42 Å². The lowest BCUT2D eigenvalue weighted by Gasteiger charge is -2.26. The molecule has 0 radical (unpaired) electrons. The molecule has 2 heterocycles. The van der Waals surface area contributed by atoms with Gasteiger partial charge in [-0.05, 0) is 84.8 Å². The average molecular weight is 541 g/mol. The number of benzene rings is 3. The van der Waals surface area contributed by atoms with Crippen LogP contribution in [0.5, 0.6) is 11.5 Å². The van der Waals surface area contributed by atoms with Gasteiger partial charge in [0.1, 0.15) is 11.5 Å². The Hall–Kier alpha value is -3.14. The molecule has 38 heavy (non-hydrogen) atoms. The lowest BCUT2D eigenvalue weighted by atomic mass is 10.0. The van der Waals surface area contributed by atoms with Gasteiger partial charge in [-0.15, -0.1) is 0 Å². The highest BCUT2D eigenvalue weighted by Gasteiger charge is 2.29. The van der Waals surface area contributed by atoms with Crippen LogP contribution >= 0.6 is 0 Å². The zero-order valence-corrected chi connectivity index (χ0v) is 22.3. The molecule has 0 aliphatic carbocycles. The average Bonchev–Trinajstić information content (AvgIpc) is 3.46. The number of hydrogen-bond donors (Lipinski definition) is 1. The van der Waals surface area contributed by atoms with Crippen molar-refractivity contribution in [3.8, 4) is 11.5 Å². The van der Waals surface area contributed by atoms with Crippen LogP contribution in [-0.2, 0) is 34.3 Å². The van der Waals surface area contributed by atoms with Crippen LogP contribution < -0.4 is 19.1 Å². The molecule has 1 unspecified atom stereocenters. The minimum absolute atomic E-state index is 0.0308. The minimum atomic E-state index is -4.08. The molecule has 0 amide bonds. The number of rotatable bonds is 10. The van der Waals surface area contributed by atoms with Crippen molar-refractivity contribution in [3.63, 3.8) is 0 Å². The number of anilines is 1. The van der Waals surface area contributed by atoms with Gasteiger partial charge in [-0.3, -0.25) is 4.31 Å². The topological polar surface area (TPSA) is 77.1 Å². The molecule has 1 atom stereocenters. The van der Waals surface area contributed by atoms with Crippen molar-refractivity contribution in [2.75, 3.05) is 37.8 Å². The first-order valence-electron chi connectivity index (χ1n) is 12.9. The number of sulfonamides is 1. The van der Waals surface area contributed by atoms with E-state index in [2.05, 4.69) is 5.32 Å². The molecule has 2 aliphatic rings. The summed E-state index contributed by atoms with van der Waals surface area (Å²) in [5.74, 6) is 0.819. The molecule has 0 aromatic heterocycles. The Morgan fingerprint density at radius 3 is 2.61 bits per heavy atom. The number of nitrogens with zero attached hydrogens (tertiary/aromatic N) is 1. The van der Waals surface area contributed by atoms with Gasteiger partial charge < -0.3 is 19.5 Å². The Kier molecular flexibility index (Phi) is 8.16. The summed E-state index contributed by atoms with van der Waals surface area (Å²) in [6.07, 6.45) is 2.58. The molecule has 0 spiro atoms. The predicted octanol–water partition coefficient (Wildman–Crippen LogP) is 4.68. The fourth-order valence-electron chi connectivity index (χ4n) is 4.87. The molecule has 202 valence electrons. The van der Waals surface area contributed by atoms with Gasteiger partial charge in [-0.25, -0.2) is 12.8 Å². The molecule has 0 bridgehead atoms. The van der Waals surface area contributed by atoms with Crippen LogP contribution in [0, 0.1) is 11.7 Å². The van der Waals surface area contributed by atoms with Gasteiger partial charge in [0.25, 0.3) is 10.0 Å². The number of ether oxygens (including phenoxy) is 3. The lowest BCUT2D eigenvalue weighted by molar-refractivity contribution is 0.178. The van der Waals surface area contributed by atoms with E-state index in [0.717, 1.165) is 54.5 Å². The number of nitrogens with one attached hydrogen (secondary N) is 1. The third-order valence-corrected chi connectivity index (χ3v) is 8.90. The second-order valence-corrected chi connectivity index (χ2v) is 11.6. The summed E-state index contributed by atoms with van der Waals surface area (Å²) in [5, 5.41) is 3.29. The maximum Gasteiger partial charge on any atom is 0.264 e. The normalized spacial score (nSPS) is 17.2. The van der Waals surface area contributed by atoms with Crippen molar-refractivity contribution in [3.05, 3.63) is 83.2 Å². The van der Waals surface area contributed by atoms with Crippen LogP contribution in [0.3, 0.4) is 0 Å². The van der Waals surface area contributed by atoms with Crippen LogP contribution in [-0.4, -0.2) is 41.9 Å². The first kappa shape index (κ1) is 26.5. The van der Waals surface area contributed by atoms with E-state index in [0.29, 0.717) is 36.1 Å². The first-order chi connectivity index (χ1) is 18.4. The summed E-state index contributed by atoms with van der Waals surface area (Å²) in [6.45, 7) is 3.40. The van der Waals surface area contributed by atoms with E-state index < -0.39 is 15.8 Å². The Morgan fingerprint density at radius 2 is 1.87 bits per heavy atom. The second-order valence-electron chi connectivity index (χ2n) is 9.70. The van der Waals surface area contributed by atoms with E-state index >= 15 is 4.39 Å². The highest BCUT2D eigenvalue weighted by Crippen LogP contribution is 2.32. The highest BCUT2D eigenvalue weighted by atomic mass is 32.2. The molecule has 1 N–H and O–H groups in total. The quantitative estimate of drug-likeness (QED) is 0.403. The SMILES string of the molecule is COc1ccc(CN(c2ccc(OCCC3CCOC3)cc2F)S(=O)(=O)c2ccc3c(c2)CCNC3)cc1. The van der Waals surface area contributed by atoms with E-state index in [4.69, 9.17) is 14.2 Å². The Morgan fingerprint density at radius 1 is 1.05 bits per heavy atom. The minimum Gasteiger partial charge on any atom is -0.497 e. The molecular weight excluding hydrogens is 507 g/mol. The standard InChI is InChI=1S/C29H33FN2O5S/c1-35-25-5-2-21(3-6-25)19-32(38(33,34)27-8-4-24-18-31-13-10-23(24)16-27)29-9-7-26(17-28(29)30)37-15-12-22-11-14-36-20-22/h2-9,16-17,22,31H,10-15,18-20H2,1H3. The molecule has 0 saturated carbocycles. The van der Waals surface area contributed by atoms with Crippen molar-refractivity contribution in [1.82, 2.24) is 5.32 Å². The molecule has 9 heteroatoms. The highest BCUT2D eigenvalue weighted by molar-refractivity contribution is 7.92. The van der Waals surface area contributed by atoms with Gasteiger partial charge in [-0.2, -0.15) is 0 Å². The monoisotopic (exact) mass is 540 g/mol. The molecule has 3 aromatic carbocycles. The van der Waals surface area contributed by atoms with Gasteiger partial charge in [-0.1, -0.05) is 18.2 Å². The molecule has 1 fully saturated rings. The summed E-state index contributed by atoms with van der Waals surface area (Å²) < 4.78 is 61.0. The summed E-state index contributed by atoms with van der Waals surface area (Å²) in [5.41, 5.74) is 2.74. The molecule has 1 saturated heterocycles. The third-order valence-electron chi connectivity index (χ3n) is 7.14. The second kappa shape index (κ2) is 11.7. The van der Waals surface area contributed by atoms with Crippen LogP contribution in [0.15, 0.2) is 65.6 Å². The van der Waals surface area contributed by atoms with Gasteiger partial charge in [0.15, 0.2) is 5.82 Å². The van der Waals surface area contributed by atoms with Crippen LogP contribution in [0.25, 0.3) is 0 Å². The fourth-order valence-corrected chi connectivity index (χ4v) is 6.38. The summed E-state index contributed by atoms with van der Waals surface area (Å²) in [7, 11) is -2.51. The Labute approximate surface area is 223 Å². The van der Waals surface area contributed by atoms with Crippen molar-refractivity contribution < 1.29 is 27.0 Å². The fraction of sp³-hybridized carbons (Fsp3) is 0.379. The molecule has 3 aromatic rings. The number of hydrogen-bond acceptors (Lipinski definition) is 6. The summed E-state index contributed by atoms with van der Waals surface area (Å²) in [4.78, 5) is 0.144. The number of halogens is 1. The largest absolute Gasteiger partial charge is 0.497 e. The van der Waals surface area contributed by atoms with E-state index in [1.165, 1.54) is 12.1 Å².